The van der Waals surface area contributed by atoms with Gasteiger partial charge < -0.3 is 4.98 Å². The number of hydrogen-bond acceptors (Lipinski definition) is 4. The maximum absolute atomic E-state index is 12.6. The van der Waals surface area contributed by atoms with Crippen LogP contribution in [0.3, 0.4) is 0 Å². The van der Waals surface area contributed by atoms with Crippen molar-refractivity contribution in [2.75, 3.05) is 0 Å². The van der Waals surface area contributed by atoms with Crippen LogP contribution in [0.15, 0.2) is 64.5 Å². The summed E-state index contributed by atoms with van der Waals surface area (Å²) in [4.78, 5) is 18.9. The largest absolute Gasteiger partial charge is 0.416 e. The molecule has 0 atom stereocenters. The Morgan fingerprint density at radius 2 is 1.72 bits per heavy atom. The van der Waals surface area contributed by atoms with Gasteiger partial charge in [0.25, 0.3) is 5.56 Å². The molecule has 4 nitrogen and oxygen atoms in total. The summed E-state index contributed by atoms with van der Waals surface area (Å²) in [7, 11) is 0. The predicted molar refractivity (Wildman–Crippen MR) is 103 cm³/mol. The van der Waals surface area contributed by atoms with E-state index in [2.05, 4.69) is 21.8 Å². The lowest BCUT2D eigenvalue weighted by Crippen LogP contribution is -2.15. The van der Waals surface area contributed by atoms with E-state index in [1.54, 1.807) is 18.2 Å². The highest BCUT2D eigenvalue weighted by atomic mass is 32.2. The van der Waals surface area contributed by atoms with Crippen molar-refractivity contribution < 1.29 is 13.2 Å². The number of aromatic amines is 1. The molecule has 0 bridgehead atoms. The summed E-state index contributed by atoms with van der Waals surface area (Å²) in [5.74, 6) is 5.88. The number of nitriles is 1. The van der Waals surface area contributed by atoms with E-state index >= 15 is 0 Å². The van der Waals surface area contributed by atoms with Crippen LogP contribution in [0.5, 0.6) is 0 Å². The highest BCUT2D eigenvalue weighted by molar-refractivity contribution is 7.98. The van der Waals surface area contributed by atoms with E-state index in [4.69, 9.17) is 0 Å². The molecule has 0 amide bonds. The van der Waals surface area contributed by atoms with E-state index in [0.29, 0.717) is 16.9 Å². The minimum absolute atomic E-state index is 0.0509. The van der Waals surface area contributed by atoms with Crippen LogP contribution >= 0.6 is 11.8 Å². The average Bonchev–Trinajstić information content (AvgIpc) is 2.71. The minimum atomic E-state index is -4.39. The summed E-state index contributed by atoms with van der Waals surface area (Å²) in [6, 6.07) is 15.6. The van der Waals surface area contributed by atoms with Crippen LogP contribution in [-0.4, -0.2) is 9.97 Å². The van der Waals surface area contributed by atoms with Crippen LogP contribution < -0.4 is 5.56 Å². The number of nitrogens with zero attached hydrogens (tertiary/aromatic N) is 2. The van der Waals surface area contributed by atoms with E-state index in [1.807, 2.05) is 18.2 Å². The molecule has 3 aromatic rings. The lowest BCUT2D eigenvalue weighted by molar-refractivity contribution is -0.137. The first-order valence-electron chi connectivity index (χ1n) is 8.27. The molecule has 0 spiro atoms. The smallest absolute Gasteiger partial charge is 0.300 e. The van der Waals surface area contributed by atoms with E-state index in [0.717, 1.165) is 23.9 Å². The monoisotopic (exact) mass is 411 g/mol. The second kappa shape index (κ2) is 8.68. The molecule has 2 aromatic carbocycles. The Labute approximate surface area is 168 Å². The first-order chi connectivity index (χ1) is 13.9. The summed E-state index contributed by atoms with van der Waals surface area (Å²) in [5, 5.41) is 9.44. The van der Waals surface area contributed by atoms with Crippen molar-refractivity contribution >= 4 is 11.8 Å². The molecule has 0 aliphatic rings. The summed E-state index contributed by atoms with van der Waals surface area (Å²) in [6.45, 7) is 0. The van der Waals surface area contributed by atoms with Crippen LogP contribution in [0.1, 0.15) is 27.9 Å². The molecule has 0 aliphatic carbocycles. The first kappa shape index (κ1) is 20.2. The quantitative estimate of drug-likeness (QED) is 0.395. The molecular weight excluding hydrogens is 399 g/mol. The van der Waals surface area contributed by atoms with Crippen molar-refractivity contribution in [2.45, 2.75) is 17.1 Å². The fourth-order valence-electron chi connectivity index (χ4n) is 2.31. The molecule has 0 saturated heterocycles. The number of thioether (sulfide) groups is 1. The molecule has 144 valence electrons. The maximum atomic E-state index is 12.6. The highest BCUT2D eigenvalue weighted by Gasteiger charge is 2.29. The SMILES string of the molecule is N#Cc1c(C#Cc2ccccc2)nc(SCc2ccc(C(F)(F)F)cc2)[nH]c1=O. The van der Waals surface area contributed by atoms with Gasteiger partial charge in [-0.25, -0.2) is 4.98 Å². The van der Waals surface area contributed by atoms with Gasteiger partial charge in [-0.05, 0) is 35.7 Å². The molecule has 0 radical (unpaired) electrons. The third-order valence-corrected chi connectivity index (χ3v) is 4.71. The standard InChI is InChI=1S/C21H12F3N3OS/c22-21(23,24)16-9-6-15(7-10-16)13-29-20-26-18(17(12-25)19(28)27-20)11-8-14-4-2-1-3-5-14/h1-7,9-10H,13H2,(H,26,27,28). The van der Waals surface area contributed by atoms with Crippen LogP contribution in [0, 0.1) is 23.2 Å². The topological polar surface area (TPSA) is 69.5 Å². The minimum Gasteiger partial charge on any atom is -0.300 e. The number of aromatic nitrogens is 2. The summed E-state index contributed by atoms with van der Waals surface area (Å²) in [6.07, 6.45) is -4.39. The Kier molecular flexibility index (Phi) is 6.06. The van der Waals surface area contributed by atoms with Gasteiger partial charge in [0.1, 0.15) is 11.8 Å². The Balaban J connectivity index is 1.82. The Morgan fingerprint density at radius 1 is 1.03 bits per heavy atom. The molecule has 3 rings (SSSR count). The van der Waals surface area contributed by atoms with Crippen molar-refractivity contribution in [3.8, 4) is 17.9 Å². The molecule has 0 fully saturated rings. The Morgan fingerprint density at radius 3 is 2.34 bits per heavy atom. The second-order valence-electron chi connectivity index (χ2n) is 5.81. The zero-order valence-electron chi connectivity index (χ0n) is 14.7. The lowest BCUT2D eigenvalue weighted by Gasteiger charge is -2.07. The number of H-pyrrole nitrogens is 1. The molecule has 1 N–H and O–H groups in total. The molecule has 0 unspecified atom stereocenters. The summed E-state index contributed by atoms with van der Waals surface area (Å²) < 4.78 is 37.9. The number of halogens is 3. The van der Waals surface area contributed by atoms with Gasteiger partial charge in [0, 0.05) is 11.3 Å². The maximum Gasteiger partial charge on any atom is 0.416 e. The van der Waals surface area contributed by atoms with E-state index in [9.17, 15) is 23.2 Å². The zero-order valence-corrected chi connectivity index (χ0v) is 15.6. The lowest BCUT2D eigenvalue weighted by atomic mass is 10.1. The molecule has 29 heavy (non-hydrogen) atoms. The third-order valence-electron chi connectivity index (χ3n) is 3.77. The highest BCUT2D eigenvalue weighted by Crippen LogP contribution is 2.30. The van der Waals surface area contributed by atoms with Gasteiger partial charge in [-0.3, -0.25) is 4.79 Å². The van der Waals surface area contributed by atoms with Crippen molar-refractivity contribution in [1.82, 2.24) is 9.97 Å². The average molecular weight is 411 g/mol. The van der Waals surface area contributed by atoms with Gasteiger partial charge in [0.05, 0.1) is 5.56 Å². The molecule has 8 heteroatoms. The predicted octanol–water partition coefficient (Wildman–Crippen LogP) is 4.35. The Bertz CT molecular complexity index is 1170. The van der Waals surface area contributed by atoms with Gasteiger partial charge in [-0.2, -0.15) is 18.4 Å². The van der Waals surface area contributed by atoms with Crippen LogP contribution in [0.2, 0.25) is 0 Å². The van der Waals surface area contributed by atoms with Crippen molar-refractivity contribution in [2.24, 2.45) is 0 Å². The number of benzene rings is 2. The van der Waals surface area contributed by atoms with Crippen molar-refractivity contribution in [3.05, 3.63) is 92.9 Å². The fraction of sp³-hybridized carbons (Fsp3) is 0.0952. The van der Waals surface area contributed by atoms with Crippen LogP contribution in [-0.2, 0) is 11.9 Å². The number of hydrogen-bond donors (Lipinski definition) is 1. The zero-order chi connectivity index (χ0) is 20.9. The third kappa shape index (κ3) is 5.28. The Hall–Kier alpha value is -3.49. The molecule has 0 aliphatic heterocycles. The van der Waals surface area contributed by atoms with Gasteiger partial charge in [0.2, 0.25) is 0 Å². The first-order valence-corrected chi connectivity index (χ1v) is 9.26. The summed E-state index contributed by atoms with van der Waals surface area (Å²) in [5.41, 5.74) is -0.143. The normalized spacial score (nSPS) is 10.7. The van der Waals surface area contributed by atoms with E-state index in [1.165, 1.54) is 12.1 Å². The van der Waals surface area contributed by atoms with Crippen molar-refractivity contribution in [1.29, 1.82) is 5.26 Å². The second-order valence-corrected chi connectivity index (χ2v) is 6.77. The van der Waals surface area contributed by atoms with E-state index in [-0.39, 0.29) is 16.4 Å². The van der Waals surface area contributed by atoms with Gasteiger partial charge >= 0.3 is 6.18 Å². The van der Waals surface area contributed by atoms with Crippen LogP contribution in [0.4, 0.5) is 13.2 Å². The fourth-order valence-corrected chi connectivity index (χ4v) is 3.13. The number of alkyl halides is 3. The molecule has 0 saturated carbocycles. The summed E-state index contributed by atoms with van der Waals surface area (Å²) >= 11 is 1.13. The number of rotatable bonds is 3. The van der Waals surface area contributed by atoms with E-state index < -0.39 is 17.3 Å². The molecule has 1 aromatic heterocycles. The number of nitrogens with one attached hydrogen (secondary N) is 1. The van der Waals surface area contributed by atoms with Gasteiger partial charge in [-0.15, -0.1) is 0 Å². The van der Waals surface area contributed by atoms with Gasteiger partial charge in [-0.1, -0.05) is 48.0 Å². The van der Waals surface area contributed by atoms with Gasteiger partial charge in [0.15, 0.2) is 10.7 Å². The van der Waals surface area contributed by atoms with Crippen LogP contribution in [0.25, 0.3) is 0 Å². The molecule has 1 heterocycles. The van der Waals surface area contributed by atoms with Crippen molar-refractivity contribution in [3.63, 3.8) is 0 Å². The molecular formula is C21H12F3N3OS.